The van der Waals surface area contributed by atoms with Gasteiger partial charge in [0, 0.05) is 44.4 Å². The van der Waals surface area contributed by atoms with Gasteiger partial charge in [0.25, 0.3) is 5.91 Å². The third kappa shape index (κ3) is 3.03. The molecule has 7 nitrogen and oxygen atoms in total. The Hall–Kier alpha value is -2.28. The lowest BCUT2D eigenvalue weighted by atomic mass is 9.96. The van der Waals surface area contributed by atoms with Gasteiger partial charge in [-0.25, -0.2) is 9.97 Å². The van der Waals surface area contributed by atoms with Crippen molar-refractivity contribution in [3.05, 3.63) is 41.7 Å². The maximum atomic E-state index is 12.7. The highest BCUT2D eigenvalue weighted by molar-refractivity contribution is 5.92. The molecule has 3 heterocycles. The molecule has 2 aliphatic rings. The van der Waals surface area contributed by atoms with E-state index < -0.39 is 0 Å². The van der Waals surface area contributed by atoms with Crippen molar-refractivity contribution in [1.82, 2.24) is 24.6 Å². The van der Waals surface area contributed by atoms with E-state index in [0.29, 0.717) is 25.4 Å². The van der Waals surface area contributed by atoms with E-state index in [9.17, 15) is 4.79 Å². The highest BCUT2D eigenvalue weighted by Gasteiger charge is 2.32. The number of carbonyl (C=O) groups is 1. The Morgan fingerprint density at radius 1 is 1.38 bits per heavy atom. The molecule has 1 fully saturated rings. The van der Waals surface area contributed by atoms with Crippen molar-refractivity contribution in [1.29, 1.82) is 0 Å². The SMILES string of the molecule is Cn1ncc2c1C(COCC1CC1)CN(C(=O)c1ccncn1)C2. The van der Waals surface area contributed by atoms with Gasteiger partial charge < -0.3 is 9.64 Å². The Morgan fingerprint density at radius 3 is 3.00 bits per heavy atom. The monoisotopic (exact) mass is 327 g/mol. The lowest BCUT2D eigenvalue weighted by molar-refractivity contribution is 0.0616. The fraction of sp³-hybridized carbons (Fsp3) is 0.529. The average Bonchev–Trinajstić information content (AvgIpc) is 3.36. The van der Waals surface area contributed by atoms with Crippen molar-refractivity contribution < 1.29 is 9.53 Å². The van der Waals surface area contributed by atoms with E-state index in [1.165, 1.54) is 24.9 Å². The van der Waals surface area contributed by atoms with E-state index in [2.05, 4.69) is 15.1 Å². The molecule has 0 radical (unpaired) electrons. The van der Waals surface area contributed by atoms with E-state index in [0.717, 1.165) is 18.1 Å². The smallest absolute Gasteiger partial charge is 0.272 e. The van der Waals surface area contributed by atoms with Gasteiger partial charge in [0.1, 0.15) is 12.0 Å². The van der Waals surface area contributed by atoms with E-state index in [1.807, 2.05) is 22.8 Å². The first-order valence-electron chi connectivity index (χ1n) is 8.36. The van der Waals surface area contributed by atoms with Gasteiger partial charge >= 0.3 is 0 Å². The third-order valence-electron chi connectivity index (χ3n) is 4.71. The van der Waals surface area contributed by atoms with Gasteiger partial charge in [-0.15, -0.1) is 0 Å². The summed E-state index contributed by atoms with van der Waals surface area (Å²) in [5.74, 6) is 0.809. The Balaban J connectivity index is 1.52. The summed E-state index contributed by atoms with van der Waals surface area (Å²) >= 11 is 0. The lowest BCUT2D eigenvalue weighted by Crippen LogP contribution is -2.40. The van der Waals surface area contributed by atoms with Crippen LogP contribution in [0.15, 0.2) is 24.8 Å². The molecule has 1 aliphatic heterocycles. The number of fused-ring (bicyclic) bond motifs is 1. The second-order valence-corrected chi connectivity index (χ2v) is 6.64. The minimum Gasteiger partial charge on any atom is -0.380 e. The largest absolute Gasteiger partial charge is 0.380 e. The van der Waals surface area contributed by atoms with Crippen molar-refractivity contribution >= 4 is 5.91 Å². The molecule has 2 aromatic rings. The summed E-state index contributed by atoms with van der Waals surface area (Å²) in [6.45, 7) is 2.63. The average molecular weight is 327 g/mol. The summed E-state index contributed by atoms with van der Waals surface area (Å²) in [6.07, 6.45) is 7.40. The number of aryl methyl sites for hydroxylation is 1. The normalized spacial score (nSPS) is 20.0. The number of hydrogen-bond donors (Lipinski definition) is 0. The van der Waals surface area contributed by atoms with Crippen molar-refractivity contribution in [2.24, 2.45) is 13.0 Å². The molecule has 4 rings (SSSR count). The van der Waals surface area contributed by atoms with Crippen LogP contribution in [0.1, 0.15) is 40.5 Å². The number of aromatic nitrogens is 4. The van der Waals surface area contributed by atoms with E-state index >= 15 is 0 Å². The molecule has 2 aromatic heterocycles. The van der Waals surface area contributed by atoms with Crippen LogP contribution >= 0.6 is 0 Å². The number of amides is 1. The van der Waals surface area contributed by atoms with Crippen LogP contribution in [-0.4, -0.2) is 50.3 Å². The van der Waals surface area contributed by atoms with E-state index in [-0.39, 0.29) is 11.8 Å². The second kappa shape index (κ2) is 6.32. The Bertz CT molecular complexity index is 726. The van der Waals surface area contributed by atoms with Gasteiger partial charge in [-0.05, 0) is 24.8 Å². The molecule has 7 heteroatoms. The first-order valence-corrected chi connectivity index (χ1v) is 8.36. The zero-order valence-corrected chi connectivity index (χ0v) is 13.8. The number of hydrogen-bond acceptors (Lipinski definition) is 5. The zero-order chi connectivity index (χ0) is 16.5. The summed E-state index contributed by atoms with van der Waals surface area (Å²) in [6, 6.07) is 1.65. The summed E-state index contributed by atoms with van der Waals surface area (Å²) < 4.78 is 7.82. The van der Waals surface area contributed by atoms with Gasteiger partial charge in [0.15, 0.2) is 0 Å². The molecule has 1 atom stereocenters. The van der Waals surface area contributed by atoms with E-state index in [4.69, 9.17) is 4.74 Å². The van der Waals surface area contributed by atoms with E-state index in [1.54, 1.807) is 12.3 Å². The second-order valence-electron chi connectivity index (χ2n) is 6.64. The zero-order valence-electron chi connectivity index (χ0n) is 13.8. The van der Waals surface area contributed by atoms with Crippen molar-refractivity contribution in [3.63, 3.8) is 0 Å². The van der Waals surface area contributed by atoms with Gasteiger partial charge in [-0.2, -0.15) is 5.10 Å². The van der Waals surface area contributed by atoms with Crippen molar-refractivity contribution in [2.45, 2.75) is 25.3 Å². The molecule has 1 unspecified atom stereocenters. The molecule has 0 aromatic carbocycles. The van der Waals surface area contributed by atoms with Crippen LogP contribution in [-0.2, 0) is 18.3 Å². The molecule has 0 bridgehead atoms. The highest BCUT2D eigenvalue weighted by Crippen LogP contribution is 2.31. The maximum absolute atomic E-state index is 12.7. The number of carbonyl (C=O) groups excluding carboxylic acids is 1. The summed E-state index contributed by atoms with van der Waals surface area (Å²) in [5.41, 5.74) is 2.69. The fourth-order valence-electron chi connectivity index (χ4n) is 3.29. The first-order chi connectivity index (χ1) is 11.7. The minimum absolute atomic E-state index is 0.0703. The molecule has 24 heavy (non-hydrogen) atoms. The molecule has 1 aliphatic carbocycles. The lowest BCUT2D eigenvalue weighted by Gasteiger charge is -2.33. The molecular formula is C17H21N5O2. The van der Waals surface area contributed by atoms with Crippen LogP contribution < -0.4 is 0 Å². The maximum Gasteiger partial charge on any atom is 0.272 e. The predicted octanol–water partition coefficient (Wildman–Crippen LogP) is 1.38. The van der Waals surface area contributed by atoms with Gasteiger partial charge in [-0.1, -0.05) is 0 Å². The van der Waals surface area contributed by atoms with Crippen LogP contribution in [0.3, 0.4) is 0 Å². The molecule has 1 saturated carbocycles. The Morgan fingerprint density at radius 2 is 2.25 bits per heavy atom. The Kier molecular flexibility index (Phi) is 4.02. The molecule has 0 saturated heterocycles. The van der Waals surface area contributed by atoms with Gasteiger partial charge in [-0.3, -0.25) is 9.48 Å². The standard InChI is InChI=1S/C17H21N5O2/c1-21-16-13(6-20-21)7-22(17(23)15-4-5-18-11-19-15)8-14(16)10-24-9-12-2-3-12/h4-6,11-12,14H,2-3,7-10H2,1H3. The minimum atomic E-state index is -0.0703. The van der Waals surface area contributed by atoms with Gasteiger partial charge in [0.05, 0.1) is 18.5 Å². The van der Waals surface area contributed by atoms with Crippen LogP contribution in [0.2, 0.25) is 0 Å². The quantitative estimate of drug-likeness (QED) is 0.829. The van der Waals surface area contributed by atoms with Crippen molar-refractivity contribution in [3.8, 4) is 0 Å². The third-order valence-corrected chi connectivity index (χ3v) is 4.71. The molecule has 1 amide bonds. The summed E-state index contributed by atoms with van der Waals surface area (Å²) in [4.78, 5) is 22.5. The molecule has 126 valence electrons. The number of nitrogens with zero attached hydrogens (tertiary/aromatic N) is 5. The first kappa shape index (κ1) is 15.3. The molecular weight excluding hydrogens is 306 g/mol. The predicted molar refractivity (Wildman–Crippen MR) is 86.3 cm³/mol. The fourth-order valence-corrected chi connectivity index (χ4v) is 3.29. The molecule has 0 N–H and O–H groups in total. The van der Waals surface area contributed by atoms with Crippen LogP contribution in [0.25, 0.3) is 0 Å². The Labute approximate surface area is 140 Å². The topological polar surface area (TPSA) is 73.1 Å². The summed E-state index contributed by atoms with van der Waals surface area (Å²) in [5, 5.41) is 4.37. The number of rotatable bonds is 5. The van der Waals surface area contributed by atoms with Crippen molar-refractivity contribution in [2.75, 3.05) is 19.8 Å². The van der Waals surface area contributed by atoms with Crippen LogP contribution in [0.5, 0.6) is 0 Å². The number of ether oxygens (including phenoxy) is 1. The highest BCUT2D eigenvalue weighted by atomic mass is 16.5. The van der Waals surface area contributed by atoms with Crippen LogP contribution in [0.4, 0.5) is 0 Å². The molecule has 0 spiro atoms. The summed E-state index contributed by atoms with van der Waals surface area (Å²) in [7, 11) is 1.95. The van der Waals surface area contributed by atoms with Gasteiger partial charge in [0.2, 0.25) is 0 Å². The van der Waals surface area contributed by atoms with Crippen LogP contribution in [0, 0.1) is 5.92 Å².